The lowest BCUT2D eigenvalue weighted by Gasteiger charge is -2.36. The molecule has 2 aromatic rings. The Morgan fingerprint density at radius 2 is 1.92 bits per heavy atom. The van der Waals surface area contributed by atoms with Gasteiger partial charge in [-0.1, -0.05) is 6.92 Å². The number of nitrogens with zero attached hydrogens (tertiary/aromatic N) is 4. The van der Waals surface area contributed by atoms with Crippen LogP contribution in [0.1, 0.15) is 30.6 Å². The Labute approximate surface area is 220 Å². The number of benzene rings is 1. The number of aryl methyl sites for hydroxylation is 1. The summed E-state index contributed by atoms with van der Waals surface area (Å²) in [5.74, 6) is -0.426. The van der Waals surface area contributed by atoms with Gasteiger partial charge in [0.15, 0.2) is 5.03 Å². The highest BCUT2D eigenvalue weighted by atomic mass is 32.2. The van der Waals surface area contributed by atoms with Crippen LogP contribution in [0.3, 0.4) is 0 Å². The minimum atomic E-state index is -4.30. The molecule has 0 radical (unpaired) electrons. The molecule has 3 atom stereocenters. The van der Waals surface area contributed by atoms with E-state index in [9.17, 15) is 26.4 Å². The zero-order chi connectivity index (χ0) is 28.3. The van der Waals surface area contributed by atoms with E-state index >= 15 is 0 Å². The molecule has 0 bridgehead atoms. The summed E-state index contributed by atoms with van der Waals surface area (Å²) in [6.07, 6.45) is -3.01. The number of carbonyl (C=O) groups excluding carboxylic acids is 1. The monoisotopic (exact) mass is 561 g/mol. The van der Waals surface area contributed by atoms with Crippen molar-refractivity contribution >= 4 is 21.6 Å². The van der Waals surface area contributed by atoms with E-state index in [1.807, 2.05) is 6.92 Å². The molecule has 1 N–H and O–H groups in total. The predicted octanol–water partition coefficient (Wildman–Crippen LogP) is 2.98. The molecule has 1 amide bonds. The number of alkyl halides is 3. The highest BCUT2D eigenvalue weighted by molar-refractivity contribution is 7.92. The summed E-state index contributed by atoms with van der Waals surface area (Å²) in [5.41, 5.74) is 0.231. The molecule has 3 rings (SSSR count). The van der Waals surface area contributed by atoms with Gasteiger partial charge in [0.1, 0.15) is 12.4 Å². The lowest BCUT2D eigenvalue weighted by molar-refractivity contribution is -0.140. The van der Waals surface area contributed by atoms with Crippen molar-refractivity contribution in [3.05, 3.63) is 36.3 Å². The quantitative estimate of drug-likeness (QED) is 0.578. The zero-order valence-electron chi connectivity index (χ0n) is 22.0. The molecule has 38 heavy (non-hydrogen) atoms. The van der Waals surface area contributed by atoms with Crippen LogP contribution in [-0.4, -0.2) is 92.4 Å². The molecule has 0 aliphatic carbocycles. The van der Waals surface area contributed by atoms with E-state index in [0.29, 0.717) is 6.54 Å². The first kappa shape index (κ1) is 29.7. The van der Waals surface area contributed by atoms with Crippen LogP contribution in [0.4, 0.5) is 18.9 Å². The van der Waals surface area contributed by atoms with E-state index in [0.717, 1.165) is 0 Å². The SMILES string of the molecule is CO[C@H]1CN(C)C(=O)c2cc(NS(=O)(=O)c3cn(C)cn3)ccc2OC[C@H](C)N(CCC(F)(F)F)C[C@@H]1C. The number of anilines is 1. The van der Waals surface area contributed by atoms with Crippen molar-refractivity contribution in [1.29, 1.82) is 0 Å². The summed E-state index contributed by atoms with van der Waals surface area (Å²) in [4.78, 5) is 20.4. The van der Waals surface area contributed by atoms with Crippen LogP contribution in [0, 0.1) is 5.92 Å². The Morgan fingerprint density at radius 1 is 1.21 bits per heavy atom. The Kier molecular flexibility index (Phi) is 9.31. The Balaban J connectivity index is 1.94. The van der Waals surface area contributed by atoms with Gasteiger partial charge in [0.05, 0.1) is 24.4 Å². The number of rotatable bonds is 6. The maximum Gasteiger partial charge on any atom is 0.390 e. The van der Waals surface area contributed by atoms with Crippen LogP contribution in [0.15, 0.2) is 35.7 Å². The van der Waals surface area contributed by atoms with E-state index in [4.69, 9.17) is 9.47 Å². The van der Waals surface area contributed by atoms with Crippen LogP contribution in [-0.2, 0) is 21.8 Å². The van der Waals surface area contributed by atoms with Crippen molar-refractivity contribution in [3.8, 4) is 5.75 Å². The van der Waals surface area contributed by atoms with Gasteiger partial charge in [-0.15, -0.1) is 0 Å². The van der Waals surface area contributed by atoms with Crippen LogP contribution in [0.2, 0.25) is 0 Å². The molecule has 14 heteroatoms. The molecule has 10 nitrogen and oxygen atoms in total. The number of ether oxygens (including phenoxy) is 2. The van der Waals surface area contributed by atoms with Crippen LogP contribution < -0.4 is 9.46 Å². The molecule has 2 heterocycles. The summed E-state index contributed by atoms with van der Waals surface area (Å²) in [6.45, 7) is 3.93. The highest BCUT2D eigenvalue weighted by Gasteiger charge is 2.32. The second kappa shape index (κ2) is 11.9. The van der Waals surface area contributed by atoms with Gasteiger partial charge in [0.25, 0.3) is 15.9 Å². The van der Waals surface area contributed by atoms with Crippen molar-refractivity contribution in [2.75, 3.05) is 45.1 Å². The topological polar surface area (TPSA) is 106 Å². The average molecular weight is 562 g/mol. The fourth-order valence-corrected chi connectivity index (χ4v) is 5.26. The largest absolute Gasteiger partial charge is 0.491 e. The van der Waals surface area contributed by atoms with Crippen molar-refractivity contribution in [1.82, 2.24) is 19.4 Å². The fourth-order valence-electron chi connectivity index (χ4n) is 4.23. The maximum atomic E-state index is 13.4. The number of halogens is 3. The minimum absolute atomic E-state index is 0.0191. The minimum Gasteiger partial charge on any atom is -0.491 e. The third-order valence-electron chi connectivity index (χ3n) is 6.47. The predicted molar refractivity (Wildman–Crippen MR) is 135 cm³/mol. The van der Waals surface area contributed by atoms with E-state index < -0.39 is 40.7 Å². The van der Waals surface area contributed by atoms with Gasteiger partial charge in [0.2, 0.25) is 0 Å². The van der Waals surface area contributed by atoms with Crippen molar-refractivity contribution in [2.45, 2.75) is 43.6 Å². The number of fused-ring (bicyclic) bond motifs is 1. The van der Waals surface area contributed by atoms with E-state index in [2.05, 4.69) is 9.71 Å². The zero-order valence-corrected chi connectivity index (χ0v) is 22.8. The smallest absolute Gasteiger partial charge is 0.390 e. The van der Waals surface area contributed by atoms with Gasteiger partial charge in [-0.3, -0.25) is 14.4 Å². The molecule has 0 saturated heterocycles. The van der Waals surface area contributed by atoms with Gasteiger partial charge >= 0.3 is 6.18 Å². The van der Waals surface area contributed by atoms with Gasteiger partial charge in [-0.05, 0) is 31.0 Å². The Morgan fingerprint density at radius 3 is 2.53 bits per heavy atom. The molecule has 1 aliphatic rings. The van der Waals surface area contributed by atoms with E-state index in [1.54, 1.807) is 25.9 Å². The molecule has 0 unspecified atom stereocenters. The lowest BCUT2D eigenvalue weighted by Crippen LogP contribution is -2.47. The van der Waals surface area contributed by atoms with Crippen LogP contribution in [0.5, 0.6) is 5.75 Å². The van der Waals surface area contributed by atoms with E-state index in [1.165, 1.54) is 47.3 Å². The summed E-state index contributed by atoms with van der Waals surface area (Å²) in [6, 6.07) is 3.88. The van der Waals surface area contributed by atoms with Crippen molar-refractivity contribution < 1.29 is 35.9 Å². The van der Waals surface area contributed by atoms with Gasteiger partial charge in [0, 0.05) is 58.8 Å². The van der Waals surface area contributed by atoms with Crippen molar-refractivity contribution in [2.24, 2.45) is 13.0 Å². The molecular formula is C24H34F3N5O5S. The second-order valence-corrected chi connectivity index (χ2v) is 11.3. The number of methoxy groups -OCH3 is 1. The summed E-state index contributed by atoms with van der Waals surface area (Å²) in [5, 5.41) is -0.183. The number of amides is 1. The number of aromatic nitrogens is 2. The third-order valence-corrected chi connectivity index (χ3v) is 7.73. The molecule has 0 saturated carbocycles. The molecule has 1 aliphatic heterocycles. The first-order valence-electron chi connectivity index (χ1n) is 12.1. The van der Waals surface area contributed by atoms with Gasteiger partial charge < -0.3 is 18.9 Å². The molecule has 212 valence electrons. The second-order valence-electron chi connectivity index (χ2n) is 9.65. The summed E-state index contributed by atoms with van der Waals surface area (Å²) >= 11 is 0. The number of carbonyl (C=O) groups is 1. The highest BCUT2D eigenvalue weighted by Crippen LogP contribution is 2.28. The first-order chi connectivity index (χ1) is 17.7. The van der Waals surface area contributed by atoms with Gasteiger partial charge in [-0.2, -0.15) is 21.6 Å². The normalized spacial score (nSPS) is 22.3. The first-order valence-corrected chi connectivity index (χ1v) is 13.5. The summed E-state index contributed by atoms with van der Waals surface area (Å²) < 4.78 is 79.9. The molecule has 0 spiro atoms. The number of sulfonamides is 1. The van der Waals surface area contributed by atoms with Crippen LogP contribution >= 0.6 is 0 Å². The molecule has 1 aromatic heterocycles. The third kappa shape index (κ3) is 7.60. The molecule has 1 aromatic carbocycles. The number of likely N-dealkylation sites (N-methyl/N-ethyl adjacent to an activating group) is 1. The standard InChI is InChI=1S/C24H34F3N5O5S/c1-16-11-32(9-8-24(25,26)27)17(2)14-37-20-7-6-18(29-38(34,35)22-13-30(3)15-28-22)10-19(20)23(33)31(4)12-21(16)36-5/h6-7,10,13,15-17,21,29H,8-9,11-12,14H2,1-5H3/t16-,17-,21-/m0/s1. The van der Waals surface area contributed by atoms with Crippen LogP contribution in [0.25, 0.3) is 0 Å². The Bertz CT molecular complexity index is 1220. The van der Waals surface area contributed by atoms with E-state index in [-0.39, 0.29) is 47.6 Å². The summed E-state index contributed by atoms with van der Waals surface area (Å²) in [7, 11) is 0.698. The lowest BCUT2D eigenvalue weighted by atomic mass is 10.0. The Hall–Kier alpha value is -2.84. The number of imidazole rings is 1. The van der Waals surface area contributed by atoms with Crippen molar-refractivity contribution in [3.63, 3.8) is 0 Å². The number of hydrogen-bond acceptors (Lipinski definition) is 7. The average Bonchev–Trinajstić information content (AvgIpc) is 3.29. The maximum absolute atomic E-state index is 13.4. The number of nitrogens with one attached hydrogen (secondary N) is 1. The molecular weight excluding hydrogens is 527 g/mol. The molecule has 0 fully saturated rings. The van der Waals surface area contributed by atoms with Gasteiger partial charge in [-0.25, -0.2) is 4.98 Å². The fraction of sp³-hybridized carbons (Fsp3) is 0.583. The number of hydrogen-bond donors (Lipinski definition) is 1.